The quantitative estimate of drug-likeness (QED) is 0.554. The molecule has 2 N–H and O–H groups in total. The second-order valence-electron chi connectivity index (χ2n) is 5.48. The van der Waals surface area contributed by atoms with Crippen molar-refractivity contribution in [2.75, 3.05) is 6.54 Å². The van der Waals surface area contributed by atoms with Gasteiger partial charge in [0.05, 0.1) is 0 Å². The van der Waals surface area contributed by atoms with E-state index in [4.69, 9.17) is 0 Å². The molecule has 0 aliphatic rings. The maximum absolute atomic E-state index is 12.2. The number of rotatable bonds is 9. The molecule has 138 valence electrons. The van der Waals surface area contributed by atoms with E-state index in [9.17, 15) is 18.0 Å². The fourth-order valence-corrected chi connectivity index (χ4v) is 4.88. The van der Waals surface area contributed by atoms with Gasteiger partial charge in [-0.1, -0.05) is 0 Å². The first-order valence-electron chi connectivity index (χ1n) is 7.99. The zero-order valence-electron chi connectivity index (χ0n) is 14.2. The van der Waals surface area contributed by atoms with E-state index in [1.165, 1.54) is 19.1 Å². The summed E-state index contributed by atoms with van der Waals surface area (Å²) in [6, 6.07) is 16.4. The summed E-state index contributed by atoms with van der Waals surface area (Å²) in [6.07, 6.45) is 0.221. The van der Waals surface area contributed by atoms with Gasteiger partial charge in [-0.2, -0.15) is 0 Å². The van der Waals surface area contributed by atoms with E-state index in [1.807, 2.05) is 30.3 Å². The van der Waals surface area contributed by atoms with E-state index in [1.54, 1.807) is 18.2 Å². The van der Waals surface area contributed by atoms with E-state index < -0.39 is 22.0 Å². The summed E-state index contributed by atoms with van der Waals surface area (Å²) in [5.41, 5.74) is 0. The molecule has 8 heteroatoms. The number of carbonyl (C=O) groups is 2. The van der Waals surface area contributed by atoms with E-state index in [-0.39, 0.29) is 37.5 Å². The molecule has 0 aliphatic carbocycles. The Balaban J connectivity index is 1.77. The summed E-state index contributed by atoms with van der Waals surface area (Å²) in [5, 5.41) is 2.60. The van der Waals surface area contributed by atoms with Gasteiger partial charge in [0, 0.05) is 0 Å². The molecular formula is C18H20N2O4SSe. The predicted molar refractivity (Wildman–Crippen MR) is 101 cm³/mol. The molecule has 6 nitrogen and oxygen atoms in total. The third kappa shape index (κ3) is 6.38. The second-order valence-corrected chi connectivity index (χ2v) is 9.57. The van der Waals surface area contributed by atoms with Crippen LogP contribution in [0.15, 0.2) is 65.6 Å². The third-order valence-electron chi connectivity index (χ3n) is 3.38. The van der Waals surface area contributed by atoms with Gasteiger partial charge in [-0.15, -0.1) is 0 Å². The monoisotopic (exact) mass is 440 g/mol. The Bertz CT molecular complexity index is 842. The van der Waals surface area contributed by atoms with Crippen LogP contribution in [-0.4, -0.2) is 46.6 Å². The average Bonchev–Trinajstić information content (AvgIpc) is 2.63. The summed E-state index contributed by atoms with van der Waals surface area (Å²) in [4.78, 5) is 24.1. The molecule has 0 fully saturated rings. The molecule has 0 aliphatic heterocycles. The topological polar surface area (TPSA) is 92.3 Å². The van der Waals surface area contributed by atoms with Crippen molar-refractivity contribution in [2.45, 2.75) is 24.3 Å². The standard InChI is InChI=1S/C18H20N2O4SSe/c1-14(20-25(23,24)15-8-4-2-5-9-15)18(22)19-13-12-17(21)26-16-10-6-3-7-11-16/h2-11,14,20H,12-13H2,1H3,(H,19,22). The number of sulfonamides is 1. The fraction of sp³-hybridized carbons (Fsp3) is 0.222. The van der Waals surface area contributed by atoms with Gasteiger partial charge in [-0.3, -0.25) is 0 Å². The maximum atomic E-state index is 12.2. The number of hydrogen-bond donors (Lipinski definition) is 2. The van der Waals surface area contributed by atoms with E-state index in [2.05, 4.69) is 10.0 Å². The second kappa shape index (κ2) is 9.64. The molecule has 0 saturated heterocycles. The molecule has 0 heterocycles. The Hall–Kier alpha value is -1.99. The Morgan fingerprint density at radius 1 is 1.00 bits per heavy atom. The van der Waals surface area contributed by atoms with Crippen LogP contribution in [0.25, 0.3) is 0 Å². The molecule has 1 unspecified atom stereocenters. The predicted octanol–water partition coefficient (Wildman–Crippen LogP) is 0.416. The first-order valence-corrected chi connectivity index (χ1v) is 11.2. The molecule has 1 amide bonds. The number of benzene rings is 2. The molecule has 26 heavy (non-hydrogen) atoms. The van der Waals surface area contributed by atoms with Crippen molar-refractivity contribution in [3.05, 3.63) is 60.7 Å². The van der Waals surface area contributed by atoms with Crippen molar-refractivity contribution in [2.24, 2.45) is 0 Å². The Morgan fingerprint density at radius 3 is 2.19 bits per heavy atom. The van der Waals surface area contributed by atoms with Crippen molar-refractivity contribution in [1.29, 1.82) is 0 Å². The summed E-state index contributed by atoms with van der Waals surface area (Å²) in [7, 11) is -3.76. The van der Waals surface area contributed by atoms with E-state index >= 15 is 0 Å². The van der Waals surface area contributed by atoms with Gasteiger partial charge in [0.1, 0.15) is 0 Å². The van der Waals surface area contributed by atoms with Gasteiger partial charge in [-0.25, -0.2) is 0 Å². The van der Waals surface area contributed by atoms with Gasteiger partial charge in [0.15, 0.2) is 0 Å². The summed E-state index contributed by atoms with van der Waals surface area (Å²) in [5.74, 6) is -0.468. The molecule has 0 spiro atoms. The number of nitrogens with one attached hydrogen (secondary N) is 2. The fourth-order valence-electron chi connectivity index (χ4n) is 2.07. The Morgan fingerprint density at radius 2 is 1.58 bits per heavy atom. The molecule has 0 aromatic heterocycles. The zero-order chi connectivity index (χ0) is 19.0. The first-order chi connectivity index (χ1) is 12.4. The van der Waals surface area contributed by atoms with Crippen LogP contribution in [0.3, 0.4) is 0 Å². The van der Waals surface area contributed by atoms with Crippen LogP contribution in [0.5, 0.6) is 0 Å². The van der Waals surface area contributed by atoms with Crippen LogP contribution in [0.4, 0.5) is 0 Å². The SMILES string of the molecule is CC(NS(=O)(=O)c1ccccc1)C(=O)NCCC(=O)[Se]c1ccccc1. The van der Waals surface area contributed by atoms with Gasteiger partial charge in [-0.05, 0) is 0 Å². The molecule has 0 radical (unpaired) electrons. The summed E-state index contributed by atoms with van der Waals surface area (Å²) >= 11 is -0.285. The molecule has 0 saturated carbocycles. The molecule has 1 atom stereocenters. The average molecular weight is 439 g/mol. The van der Waals surface area contributed by atoms with E-state index in [0.717, 1.165) is 4.46 Å². The third-order valence-corrected chi connectivity index (χ3v) is 6.91. The Kier molecular flexibility index (Phi) is 7.53. The summed E-state index contributed by atoms with van der Waals surface area (Å²) < 4.78 is 27.8. The van der Waals surface area contributed by atoms with Gasteiger partial charge >= 0.3 is 160 Å². The Labute approximate surface area is 159 Å². The first kappa shape index (κ1) is 20.3. The van der Waals surface area contributed by atoms with E-state index in [0.29, 0.717) is 0 Å². The van der Waals surface area contributed by atoms with Crippen LogP contribution < -0.4 is 14.5 Å². The van der Waals surface area contributed by atoms with Crippen molar-refractivity contribution in [3.63, 3.8) is 0 Å². The molecule has 2 aromatic carbocycles. The molecule has 2 aromatic rings. The van der Waals surface area contributed by atoms with Crippen molar-refractivity contribution in [1.82, 2.24) is 10.0 Å². The minimum atomic E-state index is -3.76. The number of amides is 1. The summed E-state index contributed by atoms with van der Waals surface area (Å²) in [6.45, 7) is 1.65. The molecular weight excluding hydrogens is 419 g/mol. The normalized spacial score (nSPS) is 12.3. The van der Waals surface area contributed by atoms with Gasteiger partial charge in [0.25, 0.3) is 0 Å². The molecule has 2 rings (SSSR count). The van der Waals surface area contributed by atoms with Crippen LogP contribution in [0, 0.1) is 0 Å². The van der Waals surface area contributed by atoms with Crippen molar-refractivity contribution < 1.29 is 18.0 Å². The van der Waals surface area contributed by atoms with Crippen LogP contribution in [0.1, 0.15) is 13.3 Å². The minimum absolute atomic E-state index is 0.0709. The van der Waals surface area contributed by atoms with Crippen LogP contribution in [-0.2, 0) is 19.6 Å². The van der Waals surface area contributed by atoms with Gasteiger partial charge < -0.3 is 0 Å². The number of carbonyl (C=O) groups excluding carboxylic acids is 2. The van der Waals surface area contributed by atoms with Crippen LogP contribution >= 0.6 is 0 Å². The number of hydrogen-bond acceptors (Lipinski definition) is 4. The van der Waals surface area contributed by atoms with Crippen molar-refractivity contribution >= 4 is 40.0 Å². The molecule has 0 bridgehead atoms. The van der Waals surface area contributed by atoms with Gasteiger partial charge in [0.2, 0.25) is 0 Å². The van der Waals surface area contributed by atoms with Crippen molar-refractivity contribution in [3.8, 4) is 0 Å². The zero-order valence-corrected chi connectivity index (χ0v) is 16.7. The van der Waals surface area contributed by atoms with Crippen LogP contribution in [0.2, 0.25) is 0 Å².